The van der Waals surface area contributed by atoms with Crippen LogP contribution in [-0.2, 0) is 9.53 Å². The molecule has 1 aliphatic rings. The van der Waals surface area contributed by atoms with Gasteiger partial charge in [-0.2, -0.15) is 0 Å². The van der Waals surface area contributed by atoms with Gasteiger partial charge in [-0.25, -0.2) is 0 Å². The van der Waals surface area contributed by atoms with Crippen molar-refractivity contribution in [2.75, 3.05) is 13.2 Å². The smallest absolute Gasteiger partial charge is 0.426 e. The van der Waals surface area contributed by atoms with Gasteiger partial charge in [0, 0.05) is 13.2 Å². The maximum atomic E-state index is 12.1. The quantitative estimate of drug-likeness (QED) is 0.525. The fourth-order valence-corrected chi connectivity index (χ4v) is 2.13. The molecule has 1 saturated heterocycles. The van der Waals surface area contributed by atoms with Crippen LogP contribution in [0.25, 0.3) is 0 Å². The van der Waals surface area contributed by atoms with Gasteiger partial charge in [0.05, 0.1) is 12.0 Å². The SMILES string of the molecule is CCOC(C)C(N)C(=O)N1CCCC1B(O)O. The molecule has 3 unspecified atom stereocenters. The zero-order valence-electron chi connectivity index (χ0n) is 10.4. The number of carbonyl (C=O) groups excluding carboxylic acids is 1. The van der Waals surface area contributed by atoms with Gasteiger partial charge >= 0.3 is 7.12 Å². The summed E-state index contributed by atoms with van der Waals surface area (Å²) >= 11 is 0. The predicted octanol–water partition coefficient (Wildman–Crippen LogP) is -1.26. The van der Waals surface area contributed by atoms with Gasteiger partial charge in [-0.1, -0.05) is 0 Å². The summed E-state index contributed by atoms with van der Waals surface area (Å²) in [6.07, 6.45) is 0.993. The Morgan fingerprint density at radius 1 is 1.65 bits per heavy atom. The highest BCUT2D eigenvalue weighted by Crippen LogP contribution is 2.19. The van der Waals surface area contributed by atoms with E-state index in [1.54, 1.807) is 6.92 Å². The molecule has 1 fully saturated rings. The van der Waals surface area contributed by atoms with Crippen LogP contribution in [0.1, 0.15) is 26.7 Å². The monoisotopic (exact) mass is 244 g/mol. The van der Waals surface area contributed by atoms with Gasteiger partial charge in [-0.3, -0.25) is 4.79 Å². The second-order valence-electron chi connectivity index (χ2n) is 4.34. The van der Waals surface area contributed by atoms with Gasteiger partial charge < -0.3 is 25.4 Å². The van der Waals surface area contributed by atoms with Crippen LogP contribution in [0, 0.1) is 0 Å². The van der Waals surface area contributed by atoms with E-state index in [1.807, 2.05) is 6.92 Å². The van der Waals surface area contributed by atoms with E-state index in [4.69, 9.17) is 10.5 Å². The van der Waals surface area contributed by atoms with Crippen LogP contribution in [0.4, 0.5) is 0 Å². The zero-order valence-corrected chi connectivity index (χ0v) is 10.4. The van der Waals surface area contributed by atoms with Crippen molar-refractivity contribution in [2.45, 2.75) is 44.8 Å². The van der Waals surface area contributed by atoms with E-state index in [9.17, 15) is 14.8 Å². The zero-order chi connectivity index (χ0) is 13.0. The number of nitrogens with two attached hydrogens (primary N) is 1. The molecule has 1 heterocycles. The fourth-order valence-electron chi connectivity index (χ4n) is 2.13. The Bertz CT molecular complexity index is 265. The Balaban J connectivity index is 2.62. The minimum Gasteiger partial charge on any atom is -0.426 e. The second-order valence-corrected chi connectivity index (χ2v) is 4.34. The van der Waals surface area contributed by atoms with E-state index in [2.05, 4.69) is 0 Å². The first kappa shape index (κ1) is 14.4. The lowest BCUT2D eigenvalue weighted by atomic mass is 9.77. The fraction of sp³-hybridized carbons (Fsp3) is 0.900. The van der Waals surface area contributed by atoms with Crippen molar-refractivity contribution >= 4 is 13.0 Å². The van der Waals surface area contributed by atoms with E-state index in [0.717, 1.165) is 6.42 Å². The average molecular weight is 244 g/mol. The molecule has 0 aromatic heterocycles. The molecule has 4 N–H and O–H groups in total. The van der Waals surface area contributed by atoms with Crippen molar-refractivity contribution in [1.82, 2.24) is 4.90 Å². The summed E-state index contributed by atoms with van der Waals surface area (Å²) in [7, 11) is -1.50. The third kappa shape index (κ3) is 3.42. The van der Waals surface area contributed by atoms with E-state index in [-0.39, 0.29) is 12.0 Å². The number of nitrogens with zero attached hydrogens (tertiary/aromatic N) is 1. The lowest BCUT2D eigenvalue weighted by Gasteiger charge is -2.29. The third-order valence-corrected chi connectivity index (χ3v) is 3.15. The van der Waals surface area contributed by atoms with Crippen LogP contribution in [0.5, 0.6) is 0 Å². The Kier molecular flexibility index (Phi) is 5.39. The van der Waals surface area contributed by atoms with Crippen LogP contribution in [0.3, 0.4) is 0 Å². The maximum absolute atomic E-state index is 12.1. The topological polar surface area (TPSA) is 96.0 Å². The summed E-state index contributed by atoms with van der Waals surface area (Å²) in [4.78, 5) is 13.5. The highest BCUT2D eigenvalue weighted by molar-refractivity contribution is 6.43. The van der Waals surface area contributed by atoms with Crippen molar-refractivity contribution in [1.29, 1.82) is 0 Å². The summed E-state index contributed by atoms with van der Waals surface area (Å²) in [6.45, 7) is 4.60. The molecule has 0 aromatic carbocycles. The predicted molar refractivity (Wildman–Crippen MR) is 64.0 cm³/mol. The molecule has 17 heavy (non-hydrogen) atoms. The van der Waals surface area contributed by atoms with Gasteiger partial charge in [0.1, 0.15) is 6.04 Å². The first-order valence-electron chi connectivity index (χ1n) is 6.02. The van der Waals surface area contributed by atoms with E-state index >= 15 is 0 Å². The summed E-state index contributed by atoms with van der Waals surface area (Å²) in [6, 6.07) is -0.755. The minimum atomic E-state index is -1.50. The Hall–Kier alpha value is -0.625. The lowest BCUT2D eigenvalue weighted by molar-refractivity contribution is -0.135. The summed E-state index contributed by atoms with van der Waals surface area (Å²) in [5, 5.41) is 18.4. The average Bonchev–Trinajstić information content (AvgIpc) is 2.76. The molecule has 7 heteroatoms. The molecular formula is C10H21BN2O4. The molecule has 1 rings (SSSR count). The molecule has 1 amide bonds. The van der Waals surface area contributed by atoms with E-state index < -0.39 is 19.1 Å². The molecule has 0 bridgehead atoms. The summed E-state index contributed by atoms with van der Waals surface area (Å²) < 4.78 is 5.28. The van der Waals surface area contributed by atoms with Crippen molar-refractivity contribution in [3.63, 3.8) is 0 Å². The number of amides is 1. The summed E-state index contributed by atoms with van der Waals surface area (Å²) in [5.74, 6) is -0.816. The van der Waals surface area contributed by atoms with Crippen LogP contribution < -0.4 is 5.73 Å². The molecule has 0 aromatic rings. The van der Waals surface area contributed by atoms with E-state index in [1.165, 1.54) is 4.90 Å². The number of hydrogen-bond acceptors (Lipinski definition) is 5. The van der Waals surface area contributed by atoms with Crippen molar-refractivity contribution in [2.24, 2.45) is 5.73 Å². The number of carbonyl (C=O) groups is 1. The molecular weight excluding hydrogens is 223 g/mol. The first-order valence-corrected chi connectivity index (χ1v) is 6.02. The van der Waals surface area contributed by atoms with Crippen molar-refractivity contribution in [3.05, 3.63) is 0 Å². The maximum Gasteiger partial charge on any atom is 0.475 e. The van der Waals surface area contributed by atoms with Gasteiger partial charge in [-0.15, -0.1) is 0 Å². The van der Waals surface area contributed by atoms with E-state index in [0.29, 0.717) is 19.6 Å². The minimum absolute atomic E-state index is 0.276. The molecule has 0 saturated carbocycles. The first-order chi connectivity index (χ1) is 7.99. The summed E-state index contributed by atoms with van der Waals surface area (Å²) in [5.41, 5.74) is 5.81. The van der Waals surface area contributed by atoms with Crippen molar-refractivity contribution < 1.29 is 19.6 Å². The molecule has 0 aliphatic carbocycles. The van der Waals surface area contributed by atoms with Crippen LogP contribution in [-0.4, -0.2) is 59.2 Å². The standard InChI is InChI=1S/C10H21BN2O4/c1-3-17-7(2)9(12)10(14)13-6-4-5-8(13)11(15)16/h7-9,15-16H,3-6,12H2,1-2H3. The largest absolute Gasteiger partial charge is 0.475 e. The Labute approximate surface area is 102 Å². The number of rotatable bonds is 5. The van der Waals surface area contributed by atoms with Gasteiger partial charge in [0.15, 0.2) is 0 Å². The van der Waals surface area contributed by atoms with Gasteiger partial charge in [0.25, 0.3) is 0 Å². The normalized spacial score (nSPS) is 23.6. The number of ether oxygens (including phenoxy) is 1. The molecule has 98 valence electrons. The van der Waals surface area contributed by atoms with Crippen LogP contribution in [0.15, 0.2) is 0 Å². The molecule has 0 radical (unpaired) electrons. The Morgan fingerprint density at radius 3 is 2.82 bits per heavy atom. The van der Waals surface area contributed by atoms with Crippen LogP contribution >= 0.6 is 0 Å². The number of likely N-dealkylation sites (tertiary alicyclic amines) is 1. The molecule has 0 spiro atoms. The van der Waals surface area contributed by atoms with Crippen molar-refractivity contribution in [3.8, 4) is 0 Å². The van der Waals surface area contributed by atoms with Gasteiger partial charge in [0.2, 0.25) is 5.91 Å². The highest BCUT2D eigenvalue weighted by Gasteiger charge is 2.39. The highest BCUT2D eigenvalue weighted by atomic mass is 16.5. The van der Waals surface area contributed by atoms with Gasteiger partial charge in [-0.05, 0) is 26.7 Å². The molecule has 6 nitrogen and oxygen atoms in total. The molecule has 3 atom stereocenters. The lowest BCUT2D eigenvalue weighted by Crippen LogP contribution is -2.54. The second kappa shape index (κ2) is 6.35. The number of hydrogen-bond donors (Lipinski definition) is 3. The molecule has 1 aliphatic heterocycles. The van der Waals surface area contributed by atoms with Crippen LogP contribution in [0.2, 0.25) is 0 Å². The Morgan fingerprint density at radius 2 is 2.29 bits per heavy atom. The third-order valence-electron chi connectivity index (χ3n) is 3.15.